The molecule has 54 heavy (non-hydrogen) atoms. The molecular formula is C46H26N6S2. The molecule has 0 radical (unpaired) electrons. The highest BCUT2D eigenvalue weighted by molar-refractivity contribution is 7.26. The number of thiophene rings is 1. The molecule has 0 bridgehead atoms. The van der Waals surface area contributed by atoms with Crippen molar-refractivity contribution < 1.29 is 0 Å². The Kier molecular flexibility index (Phi) is 7.11. The normalized spacial score (nSPS) is 11.7. The molecular weight excluding hydrogens is 701 g/mol. The van der Waals surface area contributed by atoms with Crippen molar-refractivity contribution in [2.75, 3.05) is 0 Å². The van der Waals surface area contributed by atoms with E-state index in [1.54, 1.807) is 0 Å². The Balaban J connectivity index is 1.12. The van der Waals surface area contributed by atoms with Crippen LogP contribution >= 0.6 is 23.1 Å². The molecule has 0 spiro atoms. The summed E-state index contributed by atoms with van der Waals surface area (Å²) in [5, 5.41) is 5.60. The third-order valence-electron chi connectivity index (χ3n) is 10.0. The van der Waals surface area contributed by atoms with Gasteiger partial charge in [0.15, 0.2) is 17.5 Å². The van der Waals surface area contributed by atoms with E-state index < -0.39 is 0 Å². The van der Waals surface area contributed by atoms with Crippen molar-refractivity contribution in [3.05, 3.63) is 158 Å². The van der Waals surface area contributed by atoms with Crippen LogP contribution in [0.5, 0.6) is 0 Å². The summed E-state index contributed by atoms with van der Waals surface area (Å²) in [5.74, 6) is 1.71. The molecule has 11 rings (SSSR count). The lowest BCUT2D eigenvalue weighted by Gasteiger charge is -2.13. The Morgan fingerprint density at radius 2 is 1.00 bits per heavy atom. The number of fused-ring (bicyclic) bond motifs is 8. The molecule has 11 aromatic rings. The number of hydrogen-bond acceptors (Lipinski definition) is 8. The standard InChI is InChI=1S/C46H26N6S2/c1-3-12-28(13-4-1)40-35-26-36(41-42(52-54-51-41)39(35)34-17-7-9-20-37(34)47-40)46-49-44(29-14-5-2-6-15-29)48-45(50-46)30-24-22-27(23-25-30)31-18-11-19-33-32-16-8-10-21-38(32)53-43(31)33/h1-26H. The minimum absolute atomic E-state index is 0.532. The van der Waals surface area contributed by atoms with Gasteiger partial charge in [0.25, 0.3) is 0 Å². The molecule has 0 aliphatic carbocycles. The summed E-state index contributed by atoms with van der Waals surface area (Å²) < 4.78 is 12.3. The van der Waals surface area contributed by atoms with Crippen LogP contribution < -0.4 is 0 Å². The van der Waals surface area contributed by atoms with Crippen molar-refractivity contribution >= 4 is 75.9 Å². The maximum Gasteiger partial charge on any atom is 0.166 e. The van der Waals surface area contributed by atoms with E-state index in [4.69, 9.17) is 28.7 Å². The highest BCUT2D eigenvalue weighted by Gasteiger charge is 2.22. The van der Waals surface area contributed by atoms with E-state index in [0.29, 0.717) is 17.5 Å². The largest absolute Gasteiger partial charge is 0.247 e. The highest BCUT2D eigenvalue weighted by Crippen LogP contribution is 2.42. The van der Waals surface area contributed by atoms with Crippen LogP contribution in [0.1, 0.15) is 0 Å². The first-order chi connectivity index (χ1) is 26.8. The fourth-order valence-electron chi connectivity index (χ4n) is 7.47. The van der Waals surface area contributed by atoms with E-state index in [1.807, 2.05) is 72.0 Å². The summed E-state index contributed by atoms with van der Waals surface area (Å²) in [7, 11) is 0. The van der Waals surface area contributed by atoms with E-state index in [9.17, 15) is 0 Å². The first kappa shape index (κ1) is 30.8. The van der Waals surface area contributed by atoms with Crippen LogP contribution in [0.4, 0.5) is 0 Å². The second-order valence-electron chi connectivity index (χ2n) is 13.2. The number of benzene rings is 7. The number of pyridine rings is 1. The van der Waals surface area contributed by atoms with Gasteiger partial charge in [0.2, 0.25) is 0 Å². The van der Waals surface area contributed by atoms with Crippen LogP contribution in [0.15, 0.2) is 158 Å². The zero-order valence-corrected chi connectivity index (χ0v) is 30.1. The van der Waals surface area contributed by atoms with Crippen molar-refractivity contribution in [3.8, 4) is 56.5 Å². The van der Waals surface area contributed by atoms with Gasteiger partial charge in [-0.2, -0.15) is 8.75 Å². The van der Waals surface area contributed by atoms with Crippen molar-refractivity contribution in [1.82, 2.24) is 28.7 Å². The van der Waals surface area contributed by atoms with Gasteiger partial charge in [0.05, 0.1) is 22.9 Å². The van der Waals surface area contributed by atoms with Gasteiger partial charge in [-0.1, -0.05) is 140 Å². The smallest absolute Gasteiger partial charge is 0.166 e. The summed E-state index contributed by atoms with van der Waals surface area (Å²) in [6, 6.07) is 54.5. The third-order valence-corrected chi connectivity index (χ3v) is 11.8. The summed E-state index contributed by atoms with van der Waals surface area (Å²) in [6.45, 7) is 0. The number of nitrogens with zero attached hydrogens (tertiary/aromatic N) is 6. The maximum atomic E-state index is 5.20. The SMILES string of the molecule is c1ccc(-c2nc(-c3ccc(-c4cccc5c4sc4ccccc45)cc3)nc(-c3cc4c(-c5ccccc5)nc5ccccc5c4c4nsnc34)n2)cc1. The molecule has 4 heterocycles. The second-order valence-corrected chi connectivity index (χ2v) is 14.8. The number of para-hydroxylation sites is 1. The van der Waals surface area contributed by atoms with Gasteiger partial charge in [-0.15, -0.1) is 11.3 Å². The highest BCUT2D eigenvalue weighted by atomic mass is 32.1. The molecule has 0 N–H and O–H groups in total. The molecule has 0 fully saturated rings. The Labute approximate surface area is 317 Å². The maximum absolute atomic E-state index is 5.20. The van der Waals surface area contributed by atoms with Crippen LogP contribution in [0.3, 0.4) is 0 Å². The van der Waals surface area contributed by atoms with E-state index >= 15 is 0 Å². The van der Waals surface area contributed by atoms with Gasteiger partial charge < -0.3 is 0 Å². The minimum atomic E-state index is 0.532. The number of rotatable bonds is 5. The Bertz CT molecular complexity index is 3210. The molecule has 0 aliphatic rings. The molecule has 6 nitrogen and oxygen atoms in total. The Hall–Kier alpha value is -6.74. The van der Waals surface area contributed by atoms with Crippen molar-refractivity contribution in [2.45, 2.75) is 0 Å². The van der Waals surface area contributed by atoms with Crippen molar-refractivity contribution in [2.24, 2.45) is 0 Å². The summed E-state index contributed by atoms with van der Waals surface area (Å²) >= 11 is 3.04. The quantitative estimate of drug-likeness (QED) is 0.164. The predicted octanol–water partition coefficient (Wildman–Crippen LogP) is 12.3. The molecule has 4 aromatic heterocycles. The lowest BCUT2D eigenvalue weighted by atomic mass is 9.96. The molecule has 0 atom stereocenters. The lowest BCUT2D eigenvalue weighted by molar-refractivity contribution is 1.08. The average Bonchev–Trinajstić information content (AvgIpc) is 3.89. The molecule has 0 aliphatic heterocycles. The van der Waals surface area contributed by atoms with E-state index in [-0.39, 0.29) is 0 Å². The van der Waals surface area contributed by atoms with E-state index in [1.165, 1.54) is 37.5 Å². The van der Waals surface area contributed by atoms with Gasteiger partial charge in [-0.3, -0.25) is 0 Å². The first-order valence-corrected chi connectivity index (χ1v) is 19.2. The van der Waals surface area contributed by atoms with Gasteiger partial charge in [-0.25, -0.2) is 19.9 Å². The predicted molar refractivity (Wildman–Crippen MR) is 224 cm³/mol. The van der Waals surface area contributed by atoms with Crippen molar-refractivity contribution in [3.63, 3.8) is 0 Å². The topological polar surface area (TPSA) is 77.3 Å². The van der Waals surface area contributed by atoms with Crippen LogP contribution in [-0.2, 0) is 0 Å². The van der Waals surface area contributed by atoms with Gasteiger partial charge >= 0.3 is 0 Å². The van der Waals surface area contributed by atoms with Crippen LogP contribution in [0.25, 0.3) is 109 Å². The summed E-state index contributed by atoms with van der Waals surface area (Å²) in [4.78, 5) is 20.5. The monoisotopic (exact) mass is 726 g/mol. The molecule has 8 heteroatoms. The summed E-state index contributed by atoms with van der Waals surface area (Å²) in [6.07, 6.45) is 0. The Morgan fingerprint density at radius 1 is 0.389 bits per heavy atom. The third kappa shape index (κ3) is 4.99. The van der Waals surface area contributed by atoms with Crippen LogP contribution in [-0.4, -0.2) is 28.7 Å². The van der Waals surface area contributed by atoms with Gasteiger partial charge in [0, 0.05) is 58.6 Å². The fraction of sp³-hybridized carbons (Fsp3) is 0. The minimum Gasteiger partial charge on any atom is -0.247 e. The average molecular weight is 727 g/mol. The lowest BCUT2D eigenvalue weighted by Crippen LogP contribution is -2.01. The first-order valence-electron chi connectivity index (χ1n) is 17.6. The van der Waals surface area contributed by atoms with Gasteiger partial charge in [0.1, 0.15) is 11.0 Å². The molecule has 0 amide bonds. The zero-order chi connectivity index (χ0) is 35.6. The fourth-order valence-corrected chi connectivity index (χ4v) is 9.27. The van der Waals surface area contributed by atoms with Crippen LogP contribution in [0.2, 0.25) is 0 Å². The van der Waals surface area contributed by atoms with E-state index in [0.717, 1.165) is 66.2 Å². The summed E-state index contributed by atoms with van der Waals surface area (Å²) in [5.41, 5.74) is 9.32. The van der Waals surface area contributed by atoms with Gasteiger partial charge in [-0.05, 0) is 29.3 Å². The molecule has 0 unspecified atom stereocenters. The number of hydrogen-bond donors (Lipinski definition) is 0. The zero-order valence-electron chi connectivity index (χ0n) is 28.5. The van der Waals surface area contributed by atoms with Crippen LogP contribution in [0, 0.1) is 0 Å². The molecule has 0 saturated heterocycles. The second kappa shape index (κ2) is 12.4. The Morgan fingerprint density at radius 3 is 1.80 bits per heavy atom. The number of aromatic nitrogens is 6. The van der Waals surface area contributed by atoms with Crippen molar-refractivity contribution in [1.29, 1.82) is 0 Å². The van der Waals surface area contributed by atoms with E-state index in [2.05, 4.69) is 97.1 Å². The molecule has 252 valence electrons. The molecule has 0 saturated carbocycles. The molecule has 7 aromatic carbocycles.